The van der Waals surface area contributed by atoms with E-state index < -0.39 is 15.9 Å². The highest BCUT2D eigenvalue weighted by Crippen LogP contribution is 2.22. The minimum absolute atomic E-state index is 0.0820. The second kappa shape index (κ2) is 4.49. The van der Waals surface area contributed by atoms with Gasteiger partial charge in [-0.05, 0) is 23.1 Å². The van der Waals surface area contributed by atoms with E-state index >= 15 is 0 Å². The van der Waals surface area contributed by atoms with Crippen molar-refractivity contribution in [3.8, 4) is 0 Å². The predicted octanol–water partition coefficient (Wildman–Crippen LogP) is 1.67. The summed E-state index contributed by atoms with van der Waals surface area (Å²) >= 11 is 0. The lowest BCUT2D eigenvalue weighted by Gasteiger charge is -2.19. The normalized spacial score (nSPS) is 12.2. The van der Waals surface area contributed by atoms with Gasteiger partial charge in [0.2, 0.25) is 10.0 Å². The van der Waals surface area contributed by atoms with E-state index in [0.717, 1.165) is 11.8 Å². The summed E-state index contributed by atoms with van der Waals surface area (Å²) in [7, 11) is -3.52. The summed E-state index contributed by atoms with van der Waals surface area (Å²) < 4.78 is 23.9. The molecule has 94 valence electrons. The van der Waals surface area contributed by atoms with Gasteiger partial charge in [0.05, 0.1) is 6.26 Å². The number of carbonyl (C=O) groups excluding carboxylic acids is 1. The number of nitrogens with one attached hydrogen (secondary N) is 1. The molecule has 4 nitrogen and oxygen atoms in total. The molecule has 1 aromatic carbocycles. The first-order chi connectivity index (χ1) is 7.59. The quantitative estimate of drug-likeness (QED) is 0.874. The Morgan fingerprint density at radius 3 is 2.29 bits per heavy atom. The van der Waals surface area contributed by atoms with Gasteiger partial charge in [-0.25, -0.2) is 13.1 Å². The maximum absolute atomic E-state index is 11.6. The zero-order valence-electron chi connectivity index (χ0n) is 10.4. The molecule has 0 atom stereocenters. The summed E-state index contributed by atoms with van der Waals surface area (Å²) in [6.45, 7) is 6.09. The van der Waals surface area contributed by atoms with Crippen LogP contribution in [0.15, 0.2) is 24.3 Å². The van der Waals surface area contributed by atoms with Gasteiger partial charge < -0.3 is 0 Å². The van der Waals surface area contributed by atoms with E-state index in [1.54, 1.807) is 18.2 Å². The number of sulfonamides is 1. The van der Waals surface area contributed by atoms with E-state index in [-0.39, 0.29) is 5.41 Å². The second-order valence-corrected chi connectivity index (χ2v) is 6.78. The van der Waals surface area contributed by atoms with Crippen LogP contribution in [0.3, 0.4) is 0 Å². The number of hydrogen-bond donors (Lipinski definition) is 1. The predicted molar refractivity (Wildman–Crippen MR) is 67.5 cm³/mol. The Labute approximate surface area is 102 Å². The Morgan fingerprint density at radius 2 is 1.82 bits per heavy atom. The topological polar surface area (TPSA) is 63.2 Å². The zero-order chi connectivity index (χ0) is 13.3. The summed E-state index contributed by atoms with van der Waals surface area (Å²) in [4.78, 5) is 11.6. The van der Waals surface area contributed by atoms with Crippen molar-refractivity contribution >= 4 is 15.9 Å². The smallest absolute Gasteiger partial charge is 0.264 e. The van der Waals surface area contributed by atoms with Crippen molar-refractivity contribution < 1.29 is 13.2 Å². The van der Waals surface area contributed by atoms with Crippen molar-refractivity contribution in [2.45, 2.75) is 26.2 Å². The van der Waals surface area contributed by atoms with Crippen LogP contribution in [0.1, 0.15) is 36.7 Å². The molecule has 0 heterocycles. The molecule has 1 N–H and O–H groups in total. The third-order valence-electron chi connectivity index (χ3n) is 2.27. The van der Waals surface area contributed by atoms with Gasteiger partial charge in [-0.3, -0.25) is 4.79 Å². The van der Waals surface area contributed by atoms with Crippen LogP contribution in [0, 0.1) is 0 Å². The molecule has 0 spiro atoms. The molecule has 0 unspecified atom stereocenters. The molecule has 0 aliphatic carbocycles. The van der Waals surface area contributed by atoms with Crippen molar-refractivity contribution in [2.24, 2.45) is 0 Å². The molecule has 0 fully saturated rings. The molecule has 0 aliphatic heterocycles. The Hall–Kier alpha value is -1.36. The molecule has 5 heteroatoms. The average Bonchev–Trinajstić information content (AvgIpc) is 2.14. The van der Waals surface area contributed by atoms with Crippen LogP contribution in [0.4, 0.5) is 0 Å². The highest BCUT2D eigenvalue weighted by molar-refractivity contribution is 7.89. The van der Waals surface area contributed by atoms with Crippen molar-refractivity contribution in [1.82, 2.24) is 4.72 Å². The van der Waals surface area contributed by atoms with Crippen LogP contribution in [0.5, 0.6) is 0 Å². The van der Waals surface area contributed by atoms with E-state index in [1.165, 1.54) is 0 Å². The van der Waals surface area contributed by atoms with Crippen LogP contribution in [0.25, 0.3) is 0 Å². The maximum atomic E-state index is 11.6. The summed E-state index contributed by atoms with van der Waals surface area (Å²) in [6.07, 6.45) is 0.957. The fourth-order valence-electron chi connectivity index (χ4n) is 1.35. The van der Waals surface area contributed by atoms with Crippen molar-refractivity contribution in [3.05, 3.63) is 35.4 Å². The van der Waals surface area contributed by atoms with Gasteiger partial charge in [-0.2, -0.15) is 0 Å². The maximum Gasteiger partial charge on any atom is 0.264 e. The van der Waals surface area contributed by atoms with Crippen LogP contribution in [-0.2, 0) is 15.4 Å². The Kier molecular flexibility index (Phi) is 3.62. The van der Waals surface area contributed by atoms with Crippen molar-refractivity contribution in [3.63, 3.8) is 0 Å². The first kappa shape index (κ1) is 13.7. The largest absolute Gasteiger partial charge is 0.268 e. The van der Waals surface area contributed by atoms with Crippen molar-refractivity contribution in [2.75, 3.05) is 6.26 Å². The van der Waals surface area contributed by atoms with Crippen LogP contribution >= 0.6 is 0 Å². The van der Waals surface area contributed by atoms with Gasteiger partial charge in [-0.15, -0.1) is 0 Å². The van der Waals surface area contributed by atoms with E-state index in [1.807, 2.05) is 31.6 Å². The minimum Gasteiger partial charge on any atom is -0.268 e. The molecule has 0 saturated heterocycles. The lowest BCUT2D eigenvalue weighted by Crippen LogP contribution is -2.29. The molecular formula is C12H17NO3S. The molecule has 1 rings (SSSR count). The van der Waals surface area contributed by atoms with E-state index in [0.29, 0.717) is 5.56 Å². The lowest BCUT2D eigenvalue weighted by molar-refractivity contribution is 0.0981. The first-order valence-electron chi connectivity index (χ1n) is 5.22. The van der Waals surface area contributed by atoms with Gasteiger partial charge in [-0.1, -0.05) is 32.9 Å². The molecular weight excluding hydrogens is 238 g/mol. The highest BCUT2D eigenvalue weighted by Gasteiger charge is 2.16. The van der Waals surface area contributed by atoms with Crippen LogP contribution < -0.4 is 4.72 Å². The van der Waals surface area contributed by atoms with E-state index in [2.05, 4.69) is 0 Å². The molecule has 0 bridgehead atoms. The Balaban J connectivity index is 3.05. The standard InChI is InChI=1S/C12H17NO3S/c1-12(2,3)10-7-5-6-9(8-10)11(14)13-17(4,15)16/h5-8H,1-4H3,(H,13,14). The van der Waals surface area contributed by atoms with Gasteiger partial charge in [0.1, 0.15) is 0 Å². The van der Waals surface area contributed by atoms with Gasteiger partial charge in [0.25, 0.3) is 5.91 Å². The molecule has 0 saturated carbocycles. The fraction of sp³-hybridized carbons (Fsp3) is 0.417. The highest BCUT2D eigenvalue weighted by atomic mass is 32.2. The fourth-order valence-corrected chi connectivity index (χ4v) is 1.81. The summed E-state index contributed by atoms with van der Waals surface area (Å²) in [5.41, 5.74) is 1.25. The van der Waals surface area contributed by atoms with Gasteiger partial charge in [0, 0.05) is 5.56 Å². The van der Waals surface area contributed by atoms with Gasteiger partial charge in [0.15, 0.2) is 0 Å². The molecule has 0 radical (unpaired) electrons. The van der Waals surface area contributed by atoms with Gasteiger partial charge >= 0.3 is 0 Å². The zero-order valence-corrected chi connectivity index (χ0v) is 11.3. The summed E-state index contributed by atoms with van der Waals surface area (Å²) in [5, 5.41) is 0. The number of amides is 1. The second-order valence-electron chi connectivity index (χ2n) is 5.03. The Bertz CT molecular complexity index is 527. The minimum atomic E-state index is -3.52. The summed E-state index contributed by atoms with van der Waals surface area (Å²) in [6, 6.07) is 6.96. The molecule has 0 aliphatic rings. The number of benzene rings is 1. The first-order valence-corrected chi connectivity index (χ1v) is 7.11. The monoisotopic (exact) mass is 255 g/mol. The lowest BCUT2D eigenvalue weighted by atomic mass is 9.86. The average molecular weight is 255 g/mol. The number of rotatable bonds is 2. The third kappa shape index (κ3) is 4.19. The van der Waals surface area contributed by atoms with Crippen LogP contribution in [0.2, 0.25) is 0 Å². The third-order valence-corrected chi connectivity index (χ3v) is 2.83. The SMILES string of the molecule is CC(C)(C)c1cccc(C(=O)NS(C)(=O)=O)c1. The molecule has 0 aromatic heterocycles. The van der Waals surface area contributed by atoms with Crippen molar-refractivity contribution in [1.29, 1.82) is 0 Å². The van der Waals surface area contributed by atoms with E-state index in [4.69, 9.17) is 0 Å². The Morgan fingerprint density at radius 1 is 1.24 bits per heavy atom. The number of hydrogen-bond acceptors (Lipinski definition) is 3. The number of carbonyl (C=O) groups is 1. The summed E-state index contributed by atoms with van der Waals surface area (Å²) in [5.74, 6) is -0.599. The molecule has 1 aromatic rings. The van der Waals surface area contributed by atoms with Crippen LogP contribution in [-0.4, -0.2) is 20.6 Å². The molecule has 1 amide bonds. The van der Waals surface area contributed by atoms with E-state index in [9.17, 15) is 13.2 Å². The molecule has 17 heavy (non-hydrogen) atoms.